The van der Waals surface area contributed by atoms with Crippen molar-refractivity contribution in [3.63, 3.8) is 0 Å². The van der Waals surface area contributed by atoms with Gasteiger partial charge in [-0.05, 0) is 25.7 Å². The Labute approximate surface area is 113 Å². The van der Waals surface area contributed by atoms with Crippen LogP contribution in [-0.4, -0.2) is 28.8 Å². The second-order valence-corrected chi connectivity index (χ2v) is 5.47. The van der Waals surface area contributed by atoms with Gasteiger partial charge in [0.15, 0.2) is 5.82 Å². The van der Waals surface area contributed by atoms with Gasteiger partial charge in [0.25, 0.3) is 5.56 Å². The minimum absolute atomic E-state index is 0.0111. The summed E-state index contributed by atoms with van der Waals surface area (Å²) in [5, 5.41) is 3.22. The van der Waals surface area contributed by atoms with E-state index in [-0.39, 0.29) is 5.56 Å². The lowest BCUT2D eigenvalue weighted by molar-refractivity contribution is 0.0900. The van der Waals surface area contributed by atoms with Crippen molar-refractivity contribution >= 4 is 5.82 Å². The van der Waals surface area contributed by atoms with Gasteiger partial charge in [0.1, 0.15) is 0 Å². The van der Waals surface area contributed by atoms with Crippen LogP contribution in [0, 0.1) is 5.92 Å². The van der Waals surface area contributed by atoms with E-state index in [0.29, 0.717) is 23.9 Å². The molecule has 1 aromatic heterocycles. The van der Waals surface area contributed by atoms with Crippen molar-refractivity contribution in [1.29, 1.82) is 0 Å². The van der Waals surface area contributed by atoms with Crippen LogP contribution in [0.3, 0.4) is 0 Å². The van der Waals surface area contributed by atoms with Crippen LogP contribution in [-0.2, 0) is 4.74 Å². The summed E-state index contributed by atoms with van der Waals surface area (Å²) < 4.78 is 7.46. The molecule has 104 valence electrons. The molecule has 1 N–H and O–H groups in total. The van der Waals surface area contributed by atoms with Crippen molar-refractivity contribution in [3.8, 4) is 0 Å². The van der Waals surface area contributed by atoms with Crippen LogP contribution < -0.4 is 10.9 Å². The number of hydrogen-bond acceptors (Lipinski definition) is 4. The number of anilines is 1. The van der Waals surface area contributed by atoms with Crippen molar-refractivity contribution < 1.29 is 4.74 Å². The van der Waals surface area contributed by atoms with Gasteiger partial charge < -0.3 is 14.6 Å². The van der Waals surface area contributed by atoms with Crippen molar-refractivity contribution in [2.24, 2.45) is 5.92 Å². The normalized spacial score (nSPS) is 26.6. The molecule has 5 heteroatoms. The van der Waals surface area contributed by atoms with Gasteiger partial charge in [0, 0.05) is 37.5 Å². The monoisotopic (exact) mass is 263 g/mol. The Balaban J connectivity index is 1.66. The molecule has 0 aromatic carbocycles. The fraction of sp³-hybridized carbons (Fsp3) is 0.714. The Hall–Kier alpha value is -1.36. The second-order valence-electron chi connectivity index (χ2n) is 5.47. The molecule has 1 aliphatic carbocycles. The van der Waals surface area contributed by atoms with Crippen LogP contribution in [0.5, 0.6) is 0 Å². The number of nitrogens with one attached hydrogen (secondary N) is 1. The lowest BCUT2D eigenvalue weighted by Crippen LogP contribution is -2.28. The van der Waals surface area contributed by atoms with Crippen molar-refractivity contribution in [3.05, 3.63) is 22.7 Å². The van der Waals surface area contributed by atoms with E-state index < -0.39 is 0 Å². The lowest BCUT2D eigenvalue weighted by Gasteiger charge is -2.17. The average Bonchev–Trinajstić information content (AvgIpc) is 3.16. The average molecular weight is 263 g/mol. The topological polar surface area (TPSA) is 56.1 Å². The van der Waals surface area contributed by atoms with Gasteiger partial charge in [-0.15, -0.1) is 0 Å². The van der Waals surface area contributed by atoms with E-state index in [1.54, 1.807) is 17.0 Å². The maximum Gasteiger partial charge on any atom is 0.293 e. The zero-order chi connectivity index (χ0) is 13.2. The highest BCUT2D eigenvalue weighted by Crippen LogP contribution is 2.33. The van der Waals surface area contributed by atoms with Gasteiger partial charge in [0.2, 0.25) is 0 Å². The number of nitrogens with zero attached hydrogens (tertiary/aromatic N) is 2. The molecule has 1 aromatic rings. The summed E-state index contributed by atoms with van der Waals surface area (Å²) in [4.78, 5) is 16.4. The Morgan fingerprint density at radius 3 is 3.05 bits per heavy atom. The Bertz CT molecular complexity index is 496. The minimum Gasteiger partial charge on any atom is -0.378 e. The first-order valence-electron chi connectivity index (χ1n) is 7.22. The third kappa shape index (κ3) is 2.66. The molecule has 1 saturated heterocycles. The zero-order valence-corrected chi connectivity index (χ0v) is 11.3. The van der Waals surface area contributed by atoms with Crippen molar-refractivity contribution in [2.45, 2.75) is 44.8 Å². The molecule has 0 amide bonds. The Morgan fingerprint density at radius 1 is 1.47 bits per heavy atom. The quantitative estimate of drug-likeness (QED) is 0.880. The molecule has 0 spiro atoms. The minimum atomic E-state index is 0.0111. The third-order valence-electron chi connectivity index (χ3n) is 4.09. The molecule has 2 fully saturated rings. The van der Waals surface area contributed by atoms with Crippen LogP contribution in [0.2, 0.25) is 0 Å². The molecular formula is C14H21N3O2. The van der Waals surface area contributed by atoms with Gasteiger partial charge >= 0.3 is 0 Å². The highest BCUT2D eigenvalue weighted by Gasteiger charge is 2.28. The zero-order valence-electron chi connectivity index (χ0n) is 11.3. The second kappa shape index (κ2) is 5.33. The summed E-state index contributed by atoms with van der Waals surface area (Å²) >= 11 is 0. The van der Waals surface area contributed by atoms with E-state index in [0.717, 1.165) is 38.8 Å². The molecule has 2 aliphatic rings. The molecule has 1 aliphatic heterocycles. The van der Waals surface area contributed by atoms with E-state index in [4.69, 9.17) is 4.74 Å². The lowest BCUT2D eigenvalue weighted by atomic mass is 10.00. The Morgan fingerprint density at radius 2 is 2.32 bits per heavy atom. The van der Waals surface area contributed by atoms with Crippen LogP contribution in [0.1, 0.15) is 38.6 Å². The van der Waals surface area contributed by atoms with E-state index in [1.807, 2.05) is 0 Å². The van der Waals surface area contributed by atoms with Gasteiger partial charge in [-0.2, -0.15) is 0 Å². The van der Waals surface area contributed by atoms with Gasteiger partial charge in [-0.25, -0.2) is 4.98 Å². The van der Waals surface area contributed by atoms with Crippen LogP contribution in [0.15, 0.2) is 17.2 Å². The predicted molar refractivity (Wildman–Crippen MR) is 73.4 cm³/mol. The fourth-order valence-electron chi connectivity index (χ4n) is 2.79. The van der Waals surface area contributed by atoms with Crippen molar-refractivity contribution in [2.75, 3.05) is 18.5 Å². The molecule has 3 rings (SSSR count). The highest BCUT2D eigenvalue weighted by atomic mass is 16.5. The summed E-state index contributed by atoms with van der Waals surface area (Å²) in [5.74, 6) is 0.969. The van der Waals surface area contributed by atoms with E-state index in [9.17, 15) is 4.79 Å². The van der Waals surface area contributed by atoms with E-state index >= 15 is 0 Å². The fourth-order valence-corrected chi connectivity index (χ4v) is 2.79. The molecule has 1 saturated carbocycles. The van der Waals surface area contributed by atoms with Gasteiger partial charge in [-0.3, -0.25) is 4.79 Å². The van der Waals surface area contributed by atoms with Crippen LogP contribution in [0.25, 0.3) is 0 Å². The Kier molecular flexibility index (Phi) is 3.55. The van der Waals surface area contributed by atoms with E-state index in [2.05, 4.69) is 17.2 Å². The first-order valence-corrected chi connectivity index (χ1v) is 7.22. The van der Waals surface area contributed by atoms with Crippen molar-refractivity contribution in [1.82, 2.24) is 9.55 Å². The smallest absolute Gasteiger partial charge is 0.293 e. The third-order valence-corrected chi connectivity index (χ3v) is 4.09. The molecule has 5 nitrogen and oxygen atoms in total. The van der Waals surface area contributed by atoms with Crippen LogP contribution >= 0.6 is 0 Å². The summed E-state index contributed by atoms with van der Waals surface area (Å²) in [6.45, 7) is 3.75. The molecule has 0 bridgehead atoms. The summed E-state index contributed by atoms with van der Waals surface area (Å²) in [6.07, 6.45) is 8.14. The number of ether oxygens (including phenoxy) is 1. The largest absolute Gasteiger partial charge is 0.378 e. The highest BCUT2D eigenvalue weighted by molar-refractivity contribution is 5.31. The first-order chi connectivity index (χ1) is 9.29. The summed E-state index contributed by atoms with van der Waals surface area (Å²) in [7, 11) is 0. The standard InChI is InChI=1S/C14H21N3O2/c1-2-12-10(5-8-19-12)9-16-13-14(18)17(7-6-15-13)11-3-4-11/h6-7,10-12H,2-5,8-9H2,1H3,(H,15,16). The molecule has 2 atom stereocenters. The van der Waals surface area contributed by atoms with E-state index in [1.165, 1.54) is 0 Å². The molecule has 2 heterocycles. The molecule has 0 radical (unpaired) electrons. The van der Waals surface area contributed by atoms with Gasteiger partial charge in [0.05, 0.1) is 6.10 Å². The van der Waals surface area contributed by atoms with Gasteiger partial charge in [-0.1, -0.05) is 6.92 Å². The first kappa shape index (κ1) is 12.7. The number of rotatable bonds is 5. The molecule has 19 heavy (non-hydrogen) atoms. The SMILES string of the molecule is CCC1OCCC1CNc1nccn(C2CC2)c1=O. The van der Waals surface area contributed by atoms with Crippen LogP contribution in [0.4, 0.5) is 5.82 Å². The summed E-state index contributed by atoms with van der Waals surface area (Å²) in [5.41, 5.74) is 0.0111. The molecule has 2 unspecified atom stereocenters. The predicted octanol–water partition coefficient (Wildman–Crippen LogP) is 1.81. The summed E-state index contributed by atoms with van der Waals surface area (Å²) in [6, 6.07) is 0.397. The maximum atomic E-state index is 12.2. The number of aromatic nitrogens is 2. The number of hydrogen-bond donors (Lipinski definition) is 1. The maximum absolute atomic E-state index is 12.2. The molecular weight excluding hydrogens is 242 g/mol.